The lowest BCUT2D eigenvalue weighted by atomic mass is 9.96. The highest BCUT2D eigenvalue weighted by Crippen LogP contribution is 2.35. The largest absolute Gasteiger partial charge is 0.497 e. The molecule has 5 rings (SSSR count). The fourth-order valence-corrected chi connectivity index (χ4v) is 3.83. The van der Waals surface area contributed by atoms with Crippen LogP contribution < -0.4 is 9.47 Å². The Labute approximate surface area is 187 Å². The van der Waals surface area contributed by atoms with Gasteiger partial charge in [-0.3, -0.25) is 0 Å². The Morgan fingerprint density at radius 3 is 1.78 bits per heavy atom. The minimum absolute atomic E-state index is 0.809. The van der Waals surface area contributed by atoms with Gasteiger partial charge in [-0.15, -0.1) is 10.2 Å². The number of hydrogen-bond acceptors (Lipinski definition) is 4. The Kier molecular flexibility index (Phi) is 5.26. The van der Waals surface area contributed by atoms with E-state index in [0.717, 1.165) is 45.1 Å². The van der Waals surface area contributed by atoms with Crippen molar-refractivity contribution in [1.29, 1.82) is 0 Å². The molecule has 156 valence electrons. The molecule has 0 amide bonds. The predicted octanol–water partition coefficient (Wildman–Crippen LogP) is 6.65. The second-order valence-electron chi connectivity index (χ2n) is 7.51. The van der Waals surface area contributed by atoms with E-state index in [2.05, 4.69) is 58.7 Å². The van der Waals surface area contributed by atoms with Gasteiger partial charge in [-0.25, -0.2) is 0 Å². The maximum atomic E-state index is 5.32. The van der Waals surface area contributed by atoms with Gasteiger partial charge in [0, 0.05) is 16.7 Å². The van der Waals surface area contributed by atoms with Crippen molar-refractivity contribution in [1.82, 2.24) is 10.2 Å². The highest BCUT2D eigenvalue weighted by atomic mass is 16.5. The van der Waals surface area contributed by atoms with Gasteiger partial charge in [0.1, 0.15) is 17.2 Å². The Morgan fingerprint density at radius 1 is 0.531 bits per heavy atom. The van der Waals surface area contributed by atoms with Crippen LogP contribution in [0.3, 0.4) is 0 Å². The summed E-state index contributed by atoms with van der Waals surface area (Å²) in [7, 11) is 3.33. The molecule has 4 heteroatoms. The van der Waals surface area contributed by atoms with E-state index in [1.807, 2.05) is 48.5 Å². The van der Waals surface area contributed by atoms with E-state index in [4.69, 9.17) is 9.47 Å². The van der Waals surface area contributed by atoms with E-state index in [-0.39, 0.29) is 0 Å². The molecule has 0 unspecified atom stereocenters. The first-order valence-corrected chi connectivity index (χ1v) is 10.4. The molecule has 1 heterocycles. The summed E-state index contributed by atoms with van der Waals surface area (Å²) in [6.07, 6.45) is 0. The van der Waals surface area contributed by atoms with Crippen molar-refractivity contribution >= 4 is 10.8 Å². The SMILES string of the molecule is COc1ccc(-c2cc(-c3ccc4ccccc4c3)c(-c3ccc(OC)cc3)nn2)cc1. The molecule has 0 aliphatic carbocycles. The van der Waals surface area contributed by atoms with Crippen LogP contribution in [-0.2, 0) is 0 Å². The molecule has 32 heavy (non-hydrogen) atoms. The van der Waals surface area contributed by atoms with Crippen molar-refractivity contribution in [2.45, 2.75) is 0 Å². The summed E-state index contributed by atoms with van der Waals surface area (Å²) in [5.41, 5.74) is 5.75. The number of hydrogen-bond donors (Lipinski definition) is 0. The molecule has 4 aromatic carbocycles. The quantitative estimate of drug-likeness (QED) is 0.321. The maximum Gasteiger partial charge on any atom is 0.118 e. The van der Waals surface area contributed by atoms with Crippen LogP contribution >= 0.6 is 0 Å². The molecule has 0 spiro atoms. The third-order valence-corrected chi connectivity index (χ3v) is 5.60. The molecular formula is C28H22N2O2. The van der Waals surface area contributed by atoms with Crippen LogP contribution in [0.25, 0.3) is 44.4 Å². The molecular weight excluding hydrogens is 396 g/mol. The summed E-state index contributed by atoms with van der Waals surface area (Å²) in [6.45, 7) is 0. The standard InChI is InChI=1S/C28H22N2O2/c1-31-24-13-9-20(10-14-24)27-18-26(23-8-7-19-5-3-4-6-22(19)17-23)28(30-29-27)21-11-15-25(32-2)16-12-21/h3-18H,1-2H3. The predicted molar refractivity (Wildman–Crippen MR) is 129 cm³/mol. The van der Waals surface area contributed by atoms with Gasteiger partial charge in [0.05, 0.1) is 19.9 Å². The van der Waals surface area contributed by atoms with Crippen molar-refractivity contribution < 1.29 is 9.47 Å². The Morgan fingerprint density at radius 2 is 1.12 bits per heavy atom. The topological polar surface area (TPSA) is 44.2 Å². The minimum Gasteiger partial charge on any atom is -0.497 e. The molecule has 1 aromatic heterocycles. The monoisotopic (exact) mass is 418 g/mol. The minimum atomic E-state index is 0.809. The molecule has 0 saturated carbocycles. The summed E-state index contributed by atoms with van der Waals surface area (Å²) in [6, 6.07) is 32.8. The van der Waals surface area contributed by atoms with Crippen LogP contribution in [0, 0.1) is 0 Å². The van der Waals surface area contributed by atoms with E-state index in [1.54, 1.807) is 14.2 Å². The van der Waals surface area contributed by atoms with Gasteiger partial charge in [-0.1, -0.05) is 36.4 Å². The Hall–Kier alpha value is -4.18. The third-order valence-electron chi connectivity index (χ3n) is 5.60. The number of nitrogens with zero attached hydrogens (tertiary/aromatic N) is 2. The van der Waals surface area contributed by atoms with Crippen molar-refractivity contribution in [2.75, 3.05) is 14.2 Å². The molecule has 5 aromatic rings. The van der Waals surface area contributed by atoms with E-state index >= 15 is 0 Å². The fourth-order valence-electron chi connectivity index (χ4n) is 3.83. The van der Waals surface area contributed by atoms with Gasteiger partial charge in [0.15, 0.2) is 0 Å². The summed E-state index contributed by atoms with van der Waals surface area (Å²) in [4.78, 5) is 0. The number of ether oxygens (including phenoxy) is 2. The molecule has 0 aliphatic heterocycles. The van der Waals surface area contributed by atoms with Gasteiger partial charge in [-0.2, -0.15) is 0 Å². The lowest BCUT2D eigenvalue weighted by Crippen LogP contribution is -1.96. The van der Waals surface area contributed by atoms with Gasteiger partial charge in [-0.05, 0) is 77.0 Å². The number of fused-ring (bicyclic) bond motifs is 1. The smallest absolute Gasteiger partial charge is 0.118 e. The van der Waals surface area contributed by atoms with E-state index in [1.165, 1.54) is 10.8 Å². The molecule has 0 bridgehead atoms. The van der Waals surface area contributed by atoms with Crippen LogP contribution in [0.5, 0.6) is 11.5 Å². The number of methoxy groups -OCH3 is 2. The van der Waals surface area contributed by atoms with Crippen LogP contribution in [0.1, 0.15) is 0 Å². The molecule has 0 fully saturated rings. The molecule has 0 radical (unpaired) electrons. The zero-order valence-electron chi connectivity index (χ0n) is 17.9. The van der Waals surface area contributed by atoms with Crippen LogP contribution in [0.4, 0.5) is 0 Å². The normalized spacial score (nSPS) is 10.8. The lowest BCUT2D eigenvalue weighted by molar-refractivity contribution is 0.414. The number of aromatic nitrogens is 2. The van der Waals surface area contributed by atoms with Crippen molar-refractivity contribution in [3.8, 4) is 45.1 Å². The second kappa shape index (κ2) is 8.52. The van der Waals surface area contributed by atoms with Gasteiger partial charge < -0.3 is 9.47 Å². The second-order valence-corrected chi connectivity index (χ2v) is 7.51. The first-order chi connectivity index (χ1) is 15.7. The van der Waals surface area contributed by atoms with Gasteiger partial charge >= 0.3 is 0 Å². The fraction of sp³-hybridized carbons (Fsp3) is 0.0714. The summed E-state index contributed by atoms with van der Waals surface area (Å²) >= 11 is 0. The van der Waals surface area contributed by atoms with Crippen LogP contribution in [0.2, 0.25) is 0 Å². The first-order valence-electron chi connectivity index (χ1n) is 10.4. The third kappa shape index (κ3) is 3.79. The zero-order valence-corrected chi connectivity index (χ0v) is 17.9. The van der Waals surface area contributed by atoms with Crippen LogP contribution in [0.15, 0.2) is 97.1 Å². The summed E-state index contributed by atoms with van der Waals surface area (Å²) < 4.78 is 10.6. The van der Waals surface area contributed by atoms with Gasteiger partial charge in [0.2, 0.25) is 0 Å². The lowest BCUT2D eigenvalue weighted by Gasteiger charge is -2.12. The van der Waals surface area contributed by atoms with E-state index in [0.29, 0.717) is 0 Å². The Balaban J connectivity index is 1.68. The van der Waals surface area contributed by atoms with E-state index < -0.39 is 0 Å². The highest BCUT2D eigenvalue weighted by Gasteiger charge is 2.14. The van der Waals surface area contributed by atoms with Crippen LogP contribution in [-0.4, -0.2) is 24.4 Å². The number of rotatable bonds is 5. The molecule has 0 saturated heterocycles. The molecule has 4 nitrogen and oxygen atoms in total. The maximum absolute atomic E-state index is 5.32. The molecule has 0 aliphatic rings. The molecule has 0 atom stereocenters. The average molecular weight is 418 g/mol. The highest BCUT2D eigenvalue weighted by molar-refractivity contribution is 5.91. The number of benzene rings is 4. The van der Waals surface area contributed by atoms with Crippen molar-refractivity contribution in [3.63, 3.8) is 0 Å². The van der Waals surface area contributed by atoms with E-state index in [9.17, 15) is 0 Å². The average Bonchev–Trinajstić information content (AvgIpc) is 2.88. The first kappa shape index (κ1) is 19.8. The van der Waals surface area contributed by atoms with Gasteiger partial charge in [0.25, 0.3) is 0 Å². The van der Waals surface area contributed by atoms with Crippen molar-refractivity contribution in [3.05, 3.63) is 97.1 Å². The van der Waals surface area contributed by atoms with Crippen molar-refractivity contribution in [2.24, 2.45) is 0 Å². The summed E-state index contributed by atoms with van der Waals surface area (Å²) in [5, 5.41) is 11.6. The zero-order chi connectivity index (χ0) is 21.9. The molecule has 0 N–H and O–H groups in total. The Bertz CT molecular complexity index is 1380. The summed E-state index contributed by atoms with van der Waals surface area (Å²) in [5.74, 6) is 1.62.